The fourth-order valence-electron chi connectivity index (χ4n) is 1.10. The average Bonchev–Trinajstić information content (AvgIpc) is 2.16. The molecule has 0 saturated carbocycles. The lowest BCUT2D eigenvalue weighted by Gasteiger charge is -2.06. The topological polar surface area (TPSA) is 36.7 Å². The van der Waals surface area contributed by atoms with Crippen LogP contribution < -0.4 is 0 Å². The van der Waals surface area contributed by atoms with Crippen molar-refractivity contribution < 1.29 is 8.78 Å². The Morgan fingerprint density at radius 2 is 2.29 bits per heavy atom. The van der Waals surface area contributed by atoms with Crippen LogP contribution >= 0.6 is 15.9 Å². The second-order valence-electron chi connectivity index (χ2n) is 2.74. The Morgan fingerprint density at radius 1 is 1.64 bits per heavy atom. The molecule has 0 atom stereocenters. The fraction of sp³-hybridized carbons (Fsp3) is 0.333. The summed E-state index contributed by atoms with van der Waals surface area (Å²) in [5, 5.41) is 9.14. The smallest absolute Gasteiger partial charge is 0.236 e. The van der Waals surface area contributed by atoms with Crippen molar-refractivity contribution in [1.82, 2.24) is 4.98 Å². The molecule has 74 valence electrons. The Balaban J connectivity index is 3.33. The zero-order chi connectivity index (χ0) is 10.7. The first-order chi connectivity index (χ1) is 6.60. The van der Waals surface area contributed by atoms with Gasteiger partial charge >= 0.3 is 0 Å². The van der Waals surface area contributed by atoms with Gasteiger partial charge in [0, 0.05) is 10.9 Å². The van der Waals surface area contributed by atoms with E-state index in [0.717, 1.165) is 0 Å². The van der Waals surface area contributed by atoms with Crippen LogP contribution in [-0.2, 0) is 5.33 Å². The molecule has 1 aromatic heterocycles. The van der Waals surface area contributed by atoms with Gasteiger partial charge in [-0.25, -0.2) is 13.8 Å². The standard InChI is InChI=1S/C9H7BrF2N2/c1-5-2-7(9(11)12)14-8(4-13)6(5)3-10/h2,9H,3H2,1H3. The fourth-order valence-corrected chi connectivity index (χ4v) is 1.81. The van der Waals surface area contributed by atoms with Crippen LogP contribution in [0, 0.1) is 18.3 Å². The lowest BCUT2D eigenvalue weighted by molar-refractivity contribution is 0.146. The number of pyridine rings is 1. The third-order valence-corrected chi connectivity index (χ3v) is 2.39. The van der Waals surface area contributed by atoms with E-state index in [1.807, 2.05) is 6.07 Å². The van der Waals surface area contributed by atoms with Crippen LogP contribution in [0.2, 0.25) is 0 Å². The van der Waals surface area contributed by atoms with Gasteiger partial charge in [-0.1, -0.05) is 15.9 Å². The molecule has 0 N–H and O–H groups in total. The molecule has 0 unspecified atom stereocenters. The minimum Gasteiger partial charge on any atom is -0.236 e. The van der Waals surface area contributed by atoms with Gasteiger partial charge in [0.25, 0.3) is 6.43 Å². The quantitative estimate of drug-likeness (QED) is 0.767. The highest BCUT2D eigenvalue weighted by Gasteiger charge is 2.14. The van der Waals surface area contributed by atoms with Crippen LogP contribution in [0.4, 0.5) is 8.78 Å². The molecule has 2 nitrogen and oxygen atoms in total. The highest BCUT2D eigenvalue weighted by molar-refractivity contribution is 9.08. The summed E-state index contributed by atoms with van der Waals surface area (Å²) in [6.45, 7) is 1.69. The molecular formula is C9H7BrF2N2. The molecule has 0 aliphatic heterocycles. The van der Waals surface area contributed by atoms with Gasteiger partial charge in [-0.15, -0.1) is 0 Å². The molecule has 0 bridgehead atoms. The van der Waals surface area contributed by atoms with Crippen LogP contribution in [0.1, 0.15) is 28.9 Å². The van der Waals surface area contributed by atoms with Gasteiger partial charge in [0.1, 0.15) is 17.5 Å². The predicted molar refractivity (Wildman–Crippen MR) is 51.3 cm³/mol. The third kappa shape index (κ3) is 2.07. The van der Waals surface area contributed by atoms with Gasteiger partial charge in [-0.3, -0.25) is 0 Å². The molecule has 1 aromatic rings. The summed E-state index contributed by atoms with van der Waals surface area (Å²) in [7, 11) is 0. The molecule has 0 amide bonds. The number of hydrogen-bond acceptors (Lipinski definition) is 2. The molecule has 0 saturated heterocycles. The van der Waals surface area contributed by atoms with Gasteiger partial charge in [0.15, 0.2) is 0 Å². The van der Waals surface area contributed by atoms with E-state index in [4.69, 9.17) is 5.26 Å². The second-order valence-corrected chi connectivity index (χ2v) is 3.30. The molecule has 0 aliphatic carbocycles. The number of aryl methyl sites for hydroxylation is 1. The second kappa shape index (κ2) is 4.47. The zero-order valence-corrected chi connectivity index (χ0v) is 8.98. The maximum atomic E-state index is 12.3. The summed E-state index contributed by atoms with van der Waals surface area (Å²) in [6.07, 6.45) is -2.63. The van der Waals surface area contributed by atoms with Crippen LogP contribution in [0.25, 0.3) is 0 Å². The van der Waals surface area contributed by atoms with E-state index in [1.165, 1.54) is 6.07 Å². The molecule has 0 spiro atoms. The minimum absolute atomic E-state index is 0.0668. The molecule has 0 fully saturated rings. The van der Waals surface area contributed by atoms with Crippen molar-refractivity contribution in [1.29, 1.82) is 5.26 Å². The van der Waals surface area contributed by atoms with E-state index in [9.17, 15) is 8.78 Å². The molecule has 5 heteroatoms. The van der Waals surface area contributed by atoms with E-state index >= 15 is 0 Å². The van der Waals surface area contributed by atoms with Crippen LogP contribution in [0.5, 0.6) is 0 Å². The van der Waals surface area contributed by atoms with Crippen LogP contribution in [0.15, 0.2) is 6.07 Å². The summed E-state index contributed by atoms with van der Waals surface area (Å²) in [5.74, 6) is 0. The van der Waals surface area contributed by atoms with Crippen LogP contribution in [0.3, 0.4) is 0 Å². The van der Waals surface area contributed by atoms with Crippen molar-refractivity contribution in [2.45, 2.75) is 18.7 Å². The van der Waals surface area contributed by atoms with Gasteiger partial charge in [0.2, 0.25) is 0 Å². The van der Waals surface area contributed by atoms with Gasteiger partial charge in [-0.05, 0) is 18.6 Å². The molecule has 0 aromatic carbocycles. The SMILES string of the molecule is Cc1cc(C(F)F)nc(C#N)c1CBr. The van der Waals surface area contributed by atoms with Crippen molar-refractivity contribution in [3.63, 3.8) is 0 Å². The van der Waals surface area contributed by atoms with Crippen molar-refractivity contribution in [3.8, 4) is 6.07 Å². The molecular weight excluding hydrogens is 254 g/mol. The Hall–Kier alpha value is -1.02. The molecule has 1 heterocycles. The summed E-state index contributed by atoms with van der Waals surface area (Å²) in [5.41, 5.74) is 1.04. The monoisotopic (exact) mass is 260 g/mol. The van der Waals surface area contributed by atoms with E-state index in [1.54, 1.807) is 6.92 Å². The van der Waals surface area contributed by atoms with Crippen LogP contribution in [-0.4, -0.2) is 4.98 Å². The first-order valence-corrected chi connectivity index (χ1v) is 4.97. The summed E-state index contributed by atoms with van der Waals surface area (Å²) in [4.78, 5) is 3.58. The Kier molecular flexibility index (Phi) is 3.53. The van der Waals surface area contributed by atoms with E-state index in [-0.39, 0.29) is 11.4 Å². The first kappa shape index (κ1) is 11.1. The number of hydrogen-bond donors (Lipinski definition) is 0. The zero-order valence-electron chi connectivity index (χ0n) is 7.39. The maximum absolute atomic E-state index is 12.3. The first-order valence-electron chi connectivity index (χ1n) is 3.84. The number of halogens is 3. The van der Waals surface area contributed by atoms with Crippen molar-refractivity contribution >= 4 is 15.9 Å². The number of nitrogens with zero attached hydrogens (tertiary/aromatic N) is 2. The maximum Gasteiger partial charge on any atom is 0.280 e. The van der Waals surface area contributed by atoms with E-state index in [2.05, 4.69) is 20.9 Å². The number of rotatable bonds is 2. The van der Waals surface area contributed by atoms with Gasteiger partial charge in [-0.2, -0.15) is 5.26 Å². The highest BCUT2D eigenvalue weighted by atomic mass is 79.9. The number of nitriles is 1. The summed E-state index contributed by atoms with van der Waals surface area (Å²) >= 11 is 3.18. The normalized spacial score (nSPS) is 10.3. The minimum atomic E-state index is -2.63. The van der Waals surface area contributed by atoms with Crippen molar-refractivity contribution in [2.75, 3.05) is 0 Å². The lowest BCUT2D eigenvalue weighted by Crippen LogP contribution is -2.00. The summed E-state index contributed by atoms with van der Waals surface area (Å²) in [6, 6.07) is 3.12. The average molecular weight is 261 g/mol. The van der Waals surface area contributed by atoms with Gasteiger partial charge < -0.3 is 0 Å². The third-order valence-electron chi connectivity index (χ3n) is 1.83. The molecule has 14 heavy (non-hydrogen) atoms. The summed E-state index contributed by atoms with van der Waals surface area (Å²) < 4.78 is 24.6. The van der Waals surface area contributed by atoms with E-state index < -0.39 is 6.43 Å². The number of alkyl halides is 3. The lowest BCUT2D eigenvalue weighted by atomic mass is 10.1. The van der Waals surface area contributed by atoms with E-state index in [0.29, 0.717) is 16.5 Å². The predicted octanol–water partition coefficient (Wildman–Crippen LogP) is 3.09. The largest absolute Gasteiger partial charge is 0.280 e. The van der Waals surface area contributed by atoms with Gasteiger partial charge in [0.05, 0.1) is 0 Å². The molecule has 0 aliphatic rings. The Labute approximate surface area is 88.7 Å². The molecule has 1 rings (SSSR count). The van der Waals surface area contributed by atoms with Crippen molar-refractivity contribution in [2.24, 2.45) is 0 Å². The Morgan fingerprint density at radius 3 is 2.71 bits per heavy atom. The highest BCUT2D eigenvalue weighted by Crippen LogP contribution is 2.22. The molecule has 0 radical (unpaired) electrons. The van der Waals surface area contributed by atoms with Crippen molar-refractivity contribution in [3.05, 3.63) is 28.6 Å². The number of aromatic nitrogens is 1. The Bertz CT molecular complexity index is 385.